The van der Waals surface area contributed by atoms with Crippen LogP contribution in [-0.2, 0) is 11.8 Å². The van der Waals surface area contributed by atoms with Gasteiger partial charge in [-0.05, 0) is 29.9 Å². The second kappa shape index (κ2) is 3.88. The molecule has 1 nitrogen and oxygen atoms in total. The van der Waals surface area contributed by atoms with Gasteiger partial charge < -0.3 is 4.74 Å². The third-order valence-electron chi connectivity index (χ3n) is 3.95. The van der Waals surface area contributed by atoms with E-state index in [-0.39, 0.29) is 0 Å². The third-order valence-corrected chi connectivity index (χ3v) is 3.95. The summed E-state index contributed by atoms with van der Waals surface area (Å²) in [6.07, 6.45) is 3.47. The minimum atomic E-state index is 0.318. The molecule has 0 N–H and O–H groups in total. The van der Waals surface area contributed by atoms with Crippen molar-refractivity contribution in [1.29, 1.82) is 0 Å². The summed E-state index contributed by atoms with van der Waals surface area (Å²) in [5.74, 6) is 1.11. The molecule has 2 rings (SSSR count). The largest absolute Gasteiger partial charge is 0.493 e. The zero-order valence-electron chi connectivity index (χ0n) is 9.97. The van der Waals surface area contributed by atoms with Crippen LogP contribution in [0, 0.1) is 0 Å². The maximum Gasteiger partial charge on any atom is 0.122 e. The van der Waals surface area contributed by atoms with Crippen molar-refractivity contribution in [1.82, 2.24) is 0 Å². The molecule has 1 aliphatic heterocycles. The van der Waals surface area contributed by atoms with Gasteiger partial charge in [-0.15, -0.1) is 0 Å². The molecule has 1 heterocycles. The second-order valence-corrected chi connectivity index (χ2v) is 4.65. The Balaban J connectivity index is 2.48. The van der Waals surface area contributed by atoms with Crippen LogP contribution in [0.4, 0.5) is 0 Å². The molecule has 15 heavy (non-hydrogen) atoms. The van der Waals surface area contributed by atoms with E-state index in [9.17, 15) is 0 Å². The first-order valence-corrected chi connectivity index (χ1v) is 5.96. The van der Waals surface area contributed by atoms with E-state index in [1.807, 2.05) is 0 Å². The normalized spacial score (nSPS) is 14.9. The van der Waals surface area contributed by atoms with Crippen LogP contribution < -0.4 is 4.74 Å². The summed E-state index contributed by atoms with van der Waals surface area (Å²) < 4.78 is 5.62. The van der Waals surface area contributed by atoms with E-state index >= 15 is 0 Å². The molecule has 0 saturated heterocycles. The van der Waals surface area contributed by atoms with Gasteiger partial charge in [-0.3, -0.25) is 0 Å². The molecule has 0 aromatic heterocycles. The van der Waals surface area contributed by atoms with Crippen LogP contribution in [0.1, 0.15) is 44.7 Å². The first kappa shape index (κ1) is 10.5. The smallest absolute Gasteiger partial charge is 0.122 e. The van der Waals surface area contributed by atoms with E-state index in [1.165, 1.54) is 24.0 Å². The van der Waals surface area contributed by atoms with Crippen LogP contribution in [0.15, 0.2) is 18.2 Å². The first-order chi connectivity index (χ1) is 7.21. The van der Waals surface area contributed by atoms with E-state index in [1.54, 1.807) is 0 Å². The minimum Gasteiger partial charge on any atom is -0.493 e. The van der Waals surface area contributed by atoms with Crippen LogP contribution in [0.5, 0.6) is 5.75 Å². The Labute approximate surface area is 92.5 Å². The van der Waals surface area contributed by atoms with Crippen molar-refractivity contribution in [3.63, 3.8) is 0 Å². The van der Waals surface area contributed by atoms with Gasteiger partial charge in [0.25, 0.3) is 0 Å². The molecule has 82 valence electrons. The lowest BCUT2D eigenvalue weighted by Crippen LogP contribution is -2.21. The molecular weight excluding hydrogens is 184 g/mol. The molecule has 0 amide bonds. The predicted molar refractivity (Wildman–Crippen MR) is 63.6 cm³/mol. The fourth-order valence-corrected chi connectivity index (χ4v) is 2.42. The fraction of sp³-hybridized carbons (Fsp3) is 0.571. The lowest BCUT2D eigenvalue weighted by Gasteiger charge is -2.29. The lowest BCUT2D eigenvalue weighted by atomic mass is 9.75. The highest BCUT2D eigenvalue weighted by molar-refractivity contribution is 5.46. The monoisotopic (exact) mass is 204 g/mol. The predicted octanol–water partition coefficient (Wildman–Crippen LogP) is 3.70. The van der Waals surface area contributed by atoms with Crippen molar-refractivity contribution in [2.45, 2.75) is 45.4 Å². The van der Waals surface area contributed by atoms with E-state index in [0.717, 1.165) is 18.8 Å². The molecular formula is C14H20O. The van der Waals surface area contributed by atoms with Gasteiger partial charge in [0.1, 0.15) is 5.75 Å². The average Bonchev–Trinajstić information content (AvgIpc) is 2.75. The molecule has 0 saturated carbocycles. The van der Waals surface area contributed by atoms with Gasteiger partial charge in [0.2, 0.25) is 0 Å². The minimum absolute atomic E-state index is 0.318. The standard InChI is InChI=1S/C14H20O/c1-4-14(3,5-2)12-7-6-8-13-11(12)9-10-15-13/h6-8H,4-5,9-10H2,1-3H3. The molecule has 0 unspecified atom stereocenters. The van der Waals surface area contributed by atoms with Crippen molar-refractivity contribution in [2.24, 2.45) is 0 Å². The Morgan fingerprint density at radius 1 is 1.27 bits per heavy atom. The van der Waals surface area contributed by atoms with Crippen LogP contribution in [0.2, 0.25) is 0 Å². The summed E-state index contributed by atoms with van der Waals surface area (Å²) in [5.41, 5.74) is 3.27. The molecule has 1 aromatic carbocycles. The van der Waals surface area contributed by atoms with E-state index < -0.39 is 0 Å². The number of hydrogen-bond acceptors (Lipinski definition) is 1. The van der Waals surface area contributed by atoms with Gasteiger partial charge in [0.15, 0.2) is 0 Å². The summed E-state index contributed by atoms with van der Waals surface area (Å²) in [7, 11) is 0. The SMILES string of the molecule is CCC(C)(CC)c1cccc2c1CCO2. The highest BCUT2D eigenvalue weighted by Crippen LogP contribution is 2.39. The summed E-state index contributed by atoms with van der Waals surface area (Å²) in [4.78, 5) is 0. The first-order valence-electron chi connectivity index (χ1n) is 5.96. The van der Waals surface area contributed by atoms with E-state index in [0.29, 0.717) is 5.41 Å². The Morgan fingerprint density at radius 2 is 2.00 bits per heavy atom. The fourth-order valence-electron chi connectivity index (χ4n) is 2.42. The Morgan fingerprint density at radius 3 is 2.67 bits per heavy atom. The van der Waals surface area contributed by atoms with Gasteiger partial charge in [0.05, 0.1) is 6.61 Å². The molecule has 0 fully saturated rings. The molecule has 0 radical (unpaired) electrons. The van der Waals surface area contributed by atoms with Gasteiger partial charge in [-0.2, -0.15) is 0 Å². The number of hydrogen-bond donors (Lipinski definition) is 0. The van der Waals surface area contributed by atoms with E-state index in [2.05, 4.69) is 39.0 Å². The van der Waals surface area contributed by atoms with Gasteiger partial charge in [0, 0.05) is 12.0 Å². The summed E-state index contributed by atoms with van der Waals surface area (Å²) >= 11 is 0. The maximum atomic E-state index is 5.62. The lowest BCUT2D eigenvalue weighted by molar-refractivity contribution is 0.357. The van der Waals surface area contributed by atoms with Crippen molar-refractivity contribution < 1.29 is 4.74 Å². The number of benzene rings is 1. The second-order valence-electron chi connectivity index (χ2n) is 4.65. The molecule has 0 atom stereocenters. The molecule has 0 aliphatic carbocycles. The molecule has 1 heteroatoms. The highest BCUT2D eigenvalue weighted by Gasteiger charge is 2.28. The van der Waals surface area contributed by atoms with Crippen molar-refractivity contribution in [2.75, 3.05) is 6.61 Å². The zero-order chi connectivity index (χ0) is 10.9. The van der Waals surface area contributed by atoms with Gasteiger partial charge >= 0.3 is 0 Å². The van der Waals surface area contributed by atoms with Crippen LogP contribution in [0.3, 0.4) is 0 Å². The molecule has 0 spiro atoms. The van der Waals surface area contributed by atoms with Crippen molar-refractivity contribution in [3.05, 3.63) is 29.3 Å². The average molecular weight is 204 g/mol. The van der Waals surface area contributed by atoms with E-state index in [4.69, 9.17) is 4.74 Å². The van der Waals surface area contributed by atoms with Crippen molar-refractivity contribution >= 4 is 0 Å². The van der Waals surface area contributed by atoms with Crippen LogP contribution in [0.25, 0.3) is 0 Å². The van der Waals surface area contributed by atoms with Crippen molar-refractivity contribution in [3.8, 4) is 5.75 Å². The highest BCUT2D eigenvalue weighted by atomic mass is 16.5. The summed E-state index contributed by atoms with van der Waals surface area (Å²) in [6, 6.07) is 6.50. The van der Waals surface area contributed by atoms with Gasteiger partial charge in [-0.1, -0.05) is 32.9 Å². The Kier molecular flexibility index (Phi) is 2.72. The summed E-state index contributed by atoms with van der Waals surface area (Å²) in [6.45, 7) is 7.77. The Hall–Kier alpha value is -0.980. The Bertz CT molecular complexity index is 350. The zero-order valence-corrected chi connectivity index (χ0v) is 9.97. The molecule has 1 aromatic rings. The maximum absolute atomic E-state index is 5.62. The number of fused-ring (bicyclic) bond motifs is 1. The quantitative estimate of drug-likeness (QED) is 0.729. The summed E-state index contributed by atoms with van der Waals surface area (Å²) in [5, 5.41) is 0. The topological polar surface area (TPSA) is 9.23 Å². The van der Waals surface area contributed by atoms with Crippen LogP contribution in [-0.4, -0.2) is 6.61 Å². The molecule has 0 bridgehead atoms. The van der Waals surface area contributed by atoms with Gasteiger partial charge in [-0.25, -0.2) is 0 Å². The van der Waals surface area contributed by atoms with Crippen LogP contribution >= 0.6 is 0 Å². The number of ether oxygens (including phenoxy) is 1. The third kappa shape index (κ3) is 1.64. The molecule has 1 aliphatic rings. The number of rotatable bonds is 3.